The summed E-state index contributed by atoms with van der Waals surface area (Å²) in [4.78, 5) is 12.1. The molecule has 0 aliphatic heterocycles. The van der Waals surface area contributed by atoms with Crippen molar-refractivity contribution in [2.24, 2.45) is 5.10 Å². The van der Waals surface area contributed by atoms with E-state index in [1.165, 1.54) is 11.6 Å². The molecule has 0 unspecified atom stereocenters. The predicted molar refractivity (Wildman–Crippen MR) is 101 cm³/mol. The van der Waals surface area contributed by atoms with E-state index in [0.717, 1.165) is 5.56 Å². The number of phenols is 1. The van der Waals surface area contributed by atoms with Crippen LogP contribution in [0.3, 0.4) is 0 Å². The first-order valence-corrected chi connectivity index (χ1v) is 8.42. The van der Waals surface area contributed by atoms with Gasteiger partial charge in [0.25, 0.3) is 5.91 Å². The van der Waals surface area contributed by atoms with Crippen molar-refractivity contribution in [1.29, 1.82) is 0 Å². The van der Waals surface area contributed by atoms with Gasteiger partial charge in [-0.3, -0.25) is 4.79 Å². The molecule has 0 heterocycles. The molecule has 0 aliphatic rings. The lowest BCUT2D eigenvalue weighted by atomic mass is 9.86. The highest BCUT2D eigenvalue weighted by atomic mass is 79.9. The average molecular weight is 389 g/mol. The Balaban J connectivity index is 2.14. The van der Waals surface area contributed by atoms with Crippen molar-refractivity contribution in [3.05, 3.63) is 63.6 Å². The zero-order valence-electron chi connectivity index (χ0n) is 14.2. The molecule has 0 saturated heterocycles. The minimum Gasteiger partial charge on any atom is -0.507 e. The highest BCUT2D eigenvalue weighted by Gasteiger charge is 2.14. The van der Waals surface area contributed by atoms with E-state index in [2.05, 4.69) is 59.4 Å². The summed E-state index contributed by atoms with van der Waals surface area (Å²) in [6, 6.07) is 12.8. The highest BCUT2D eigenvalue weighted by Crippen LogP contribution is 2.23. The first-order valence-electron chi connectivity index (χ1n) is 7.62. The summed E-state index contributed by atoms with van der Waals surface area (Å²) < 4.78 is 0.712. The summed E-state index contributed by atoms with van der Waals surface area (Å²) in [7, 11) is 0. The SMILES string of the molecule is C/C(=N\NC(=O)c1cc(Br)ccc1O)c1ccc(C(C)(C)C)cc1. The van der Waals surface area contributed by atoms with E-state index in [1.54, 1.807) is 12.1 Å². The van der Waals surface area contributed by atoms with Crippen molar-refractivity contribution in [3.63, 3.8) is 0 Å². The molecule has 2 aromatic rings. The van der Waals surface area contributed by atoms with Gasteiger partial charge < -0.3 is 5.11 Å². The molecule has 2 aromatic carbocycles. The van der Waals surface area contributed by atoms with Gasteiger partial charge in [-0.2, -0.15) is 5.10 Å². The third-order valence-electron chi connectivity index (χ3n) is 3.70. The van der Waals surface area contributed by atoms with E-state index in [-0.39, 0.29) is 16.7 Å². The van der Waals surface area contributed by atoms with Crippen molar-refractivity contribution >= 4 is 27.5 Å². The van der Waals surface area contributed by atoms with Gasteiger partial charge in [0.2, 0.25) is 0 Å². The Morgan fingerprint density at radius 3 is 2.33 bits per heavy atom. The van der Waals surface area contributed by atoms with Crippen LogP contribution >= 0.6 is 15.9 Å². The van der Waals surface area contributed by atoms with Gasteiger partial charge in [0.05, 0.1) is 11.3 Å². The molecule has 0 atom stereocenters. The van der Waals surface area contributed by atoms with Crippen LogP contribution < -0.4 is 5.43 Å². The first kappa shape index (κ1) is 18.2. The van der Waals surface area contributed by atoms with E-state index in [4.69, 9.17) is 0 Å². The van der Waals surface area contributed by atoms with Crippen LogP contribution in [0.5, 0.6) is 5.75 Å². The minimum atomic E-state index is -0.459. The molecule has 0 spiro atoms. The van der Waals surface area contributed by atoms with E-state index in [9.17, 15) is 9.90 Å². The number of carbonyl (C=O) groups excluding carboxylic acids is 1. The quantitative estimate of drug-likeness (QED) is 0.595. The number of amides is 1. The van der Waals surface area contributed by atoms with Gasteiger partial charge in [-0.1, -0.05) is 61.0 Å². The summed E-state index contributed by atoms with van der Waals surface area (Å²) in [5, 5.41) is 13.9. The van der Waals surface area contributed by atoms with Crippen molar-refractivity contribution in [2.45, 2.75) is 33.1 Å². The lowest BCUT2D eigenvalue weighted by Gasteiger charge is -2.19. The van der Waals surface area contributed by atoms with Crippen LogP contribution in [0.25, 0.3) is 0 Å². The second kappa shape index (κ2) is 7.18. The molecular weight excluding hydrogens is 368 g/mol. The average Bonchev–Trinajstić information content (AvgIpc) is 2.53. The molecular formula is C19H21BrN2O2. The van der Waals surface area contributed by atoms with E-state index >= 15 is 0 Å². The molecule has 5 heteroatoms. The minimum absolute atomic E-state index is 0.0851. The molecule has 2 rings (SSSR count). The fourth-order valence-electron chi connectivity index (χ4n) is 2.16. The normalized spacial score (nSPS) is 12.1. The van der Waals surface area contributed by atoms with Crippen molar-refractivity contribution < 1.29 is 9.90 Å². The van der Waals surface area contributed by atoms with Crippen LogP contribution in [-0.4, -0.2) is 16.7 Å². The Morgan fingerprint density at radius 1 is 1.12 bits per heavy atom. The number of hydrazone groups is 1. The molecule has 0 fully saturated rings. The van der Waals surface area contributed by atoms with E-state index < -0.39 is 5.91 Å². The van der Waals surface area contributed by atoms with Gasteiger partial charge in [0, 0.05) is 4.47 Å². The summed E-state index contributed by atoms with van der Waals surface area (Å²) in [6.45, 7) is 8.31. The van der Waals surface area contributed by atoms with Gasteiger partial charge in [-0.05, 0) is 41.7 Å². The molecule has 0 bridgehead atoms. The topological polar surface area (TPSA) is 61.7 Å². The molecule has 2 N–H and O–H groups in total. The number of hydrogen-bond donors (Lipinski definition) is 2. The number of hydrogen-bond acceptors (Lipinski definition) is 3. The number of nitrogens with one attached hydrogen (secondary N) is 1. The van der Waals surface area contributed by atoms with Crippen LogP contribution in [0.4, 0.5) is 0 Å². The van der Waals surface area contributed by atoms with Gasteiger partial charge in [0.15, 0.2) is 0 Å². The zero-order valence-corrected chi connectivity index (χ0v) is 15.8. The zero-order chi connectivity index (χ0) is 17.9. The highest BCUT2D eigenvalue weighted by molar-refractivity contribution is 9.10. The monoisotopic (exact) mass is 388 g/mol. The Labute approximate surface area is 150 Å². The third kappa shape index (κ3) is 4.45. The Morgan fingerprint density at radius 2 is 1.75 bits per heavy atom. The molecule has 0 aliphatic carbocycles. The van der Waals surface area contributed by atoms with Gasteiger partial charge in [-0.25, -0.2) is 5.43 Å². The molecule has 4 nitrogen and oxygen atoms in total. The van der Waals surface area contributed by atoms with Crippen LogP contribution in [0.15, 0.2) is 52.0 Å². The number of rotatable bonds is 3. The van der Waals surface area contributed by atoms with E-state index in [0.29, 0.717) is 10.2 Å². The maximum atomic E-state index is 12.1. The van der Waals surface area contributed by atoms with Gasteiger partial charge in [-0.15, -0.1) is 0 Å². The molecule has 0 aromatic heterocycles. The predicted octanol–water partition coefficient (Wildman–Crippen LogP) is 4.61. The second-order valence-corrected chi connectivity index (χ2v) is 7.54. The third-order valence-corrected chi connectivity index (χ3v) is 4.19. The lowest BCUT2D eigenvalue weighted by Crippen LogP contribution is -2.19. The standard InChI is InChI=1S/C19H21BrN2O2/c1-12(13-5-7-14(8-6-13)19(2,3)4)21-22-18(24)16-11-15(20)9-10-17(16)23/h5-11,23H,1-4H3,(H,22,24)/b21-12+. The first-order chi connectivity index (χ1) is 11.2. The maximum Gasteiger partial charge on any atom is 0.275 e. The van der Waals surface area contributed by atoms with Crippen LogP contribution in [0.2, 0.25) is 0 Å². The molecule has 126 valence electrons. The fourth-order valence-corrected chi connectivity index (χ4v) is 2.52. The van der Waals surface area contributed by atoms with Crippen molar-refractivity contribution in [2.75, 3.05) is 0 Å². The Hall–Kier alpha value is -2.14. The van der Waals surface area contributed by atoms with Crippen molar-refractivity contribution in [3.8, 4) is 5.75 Å². The fraction of sp³-hybridized carbons (Fsp3) is 0.263. The van der Waals surface area contributed by atoms with Crippen LogP contribution in [0, 0.1) is 0 Å². The van der Waals surface area contributed by atoms with Gasteiger partial charge in [0.1, 0.15) is 5.75 Å². The van der Waals surface area contributed by atoms with Crippen LogP contribution in [0.1, 0.15) is 49.2 Å². The summed E-state index contributed by atoms with van der Waals surface area (Å²) in [5.74, 6) is -0.544. The smallest absolute Gasteiger partial charge is 0.275 e. The number of carbonyl (C=O) groups is 1. The van der Waals surface area contributed by atoms with E-state index in [1.807, 2.05) is 19.1 Å². The number of benzene rings is 2. The number of nitrogens with zero attached hydrogens (tertiary/aromatic N) is 1. The van der Waals surface area contributed by atoms with Gasteiger partial charge >= 0.3 is 0 Å². The number of phenolic OH excluding ortho intramolecular Hbond substituents is 1. The Bertz CT molecular complexity index is 775. The largest absolute Gasteiger partial charge is 0.507 e. The van der Waals surface area contributed by atoms with Crippen molar-refractivity contribution in [1.82, 2.24) is 5.43 Å². The summed E-state index contributed by atoms with van der Waals surface area (Å²) >= 11 is 3.28. The molecule has 24 heavy (non-hydrogen) atoms. The second-order valence-electron chi connectivity index (χ2n) is 6.63. The van der Waals surface area contributed by atoms with Crippen LogP contribution in [-0.2, 0) is 5.41 Å². The molecule has 1 amide bonds. The summed E-state index contributed by atoms with van der Waals surface area (Å²) in [6.07, 6.45) is 0. The maximum absolute atomic E-state index is 12.1. The molecule has 0 saturated carbocycles. The lowest BCUT2D eigenvalue weighted by molar-refractivity contribution is 0.0952. The Kier molecular flexibility index (Phi) is 5.44. The number of halogens is 1. The molecule has 0 radical (unpaired) electrons. The number of aromatic hydroxyl groups is 1. The summed E-state index contributed by atoms with van der Waals surface area (Å²) in [5.41, 5.74) is 5.61.